The van der Waals surface area contributed by atoms with E-state index < -0.39 is 6.10 Å². The normalized spacial score (nSPS) is 12.5. The standard InChI is InChI=1S/C14H14N4OS/c1-9-5-15-3-2-10(9)4-11-6-17-14(18-11)13(19)12-7-16-8-20-12/h2-3,5-8,13,19H,4H2,1H3,(H,17,18)/t13-/m0/s1. The zero-order valence-electron chi connectivity index (χ0n) is 10.9. The molecule has 0 amide bonds. The lowest BCUT2D eigenvalue weighted by Crippen LogP contribution is -2.00. The average Bonchev–Trinajstić information content (AvgIpc) is 3.12. The van der Waals surface area contributed by atoms with Crippen LogP contribution in [0.3, 0.4) is 0 Å². The molecule has 0 unspecified atom stereocenters. The van der Waals surface area contributed by atoms with Crippen molar-refractivity contribution in [3.05, 3.63) is 63.9 Å². The van der Waals surface area contributed by atoms with Crippen molar-refractivity contribution < 1.29 is 5.11 Å². The smallest absolute Gasteiger partial charge is 0.147 e. The number of aromatic amines is 1. The maximum absolute atomic E-state index is 10.2. The zero-order valence-corrected chi connectivity index (χ0v) is 11.8. The molecule has 20 heavy (non-hydrogen) atoms. The number of rotatable bonds is 4. The zero-order chi connectivity index (χ0) is 13.9. The quantitative estimate of drug-likeness (QED) is 0.771. The van der Waals surface area contributed by atoms with Crippen molar-refractivity contribution in [3.8, 4) is 0 Å². The molecule has 0 radical (unpaired) electrons. The van der Waals surface area contributed by atoms with E-state index in [1.807, 2.05) is 19.2 Å². The molecule has 0 bridgehead atoms. The summed E-state index contributed by atoms with van der Waals surface area (Å²) in [5, 5.41) is 10.2. The molecule has 0 aliphatic heterocycles. The van der Waals surface area contributed by atoms with Crippen molar-refractivity contribution in [2.75, 3.05) is 0 Å². The maximum atomic E-state index is 10.2. The van der Waals surface area contributed by atoms with Gasteiger partial charge < -0.3 is 10.1 Å². The molecule has 0 spiro atoms. The highest BCUT2D eigenvalue weighted by Crippen LogP contribution is 2.23. The van der Waals surface area contributed by atoms with Gasteiger partial charge >= 0.3 is 0 Å². The summed E-state index contributed by atoms with van der Waals surface area (Å²) in [4.78, 5) is 16.3. The molecule has 5 nitrogen and oxygen atoms in total. The summed E-state index contributed by atoms with van der Waals surface area (Å²) in [6, 6.07) is 2.00. The van der Waals surface area contributed by atoms with E-state index in [-0.39, 0.29) is 0 Å². The third-order valence-corrected chi connectivity index (χ3v) is 3.97. The Morgan fingerprint density at radius 3 is 2.95 bits per heavy atom. The molecular formula is C14H14N4OS. The fraction of sp³-hybridized carbons (Fsp3) is 0.214. The van der Waals surface area contributed by atoms with Gasteiger partial charge in [-0.15, -0.1) is 11.3 Å². The van der Waals surface area contributed by atoms with E-state index in [9.17, 15) is 5.11 Å². The van der Waals surface area contributed by atoms with Gasteiger partial charge in [0.2, 0.25) is 0 Å². The Hall–Kier alpha value is -2.05. The van der Waals surface area contributed by atoms with E-state index in [0.717, 1.165) is 22.6 Å². The van der Waals surface area contributed by atoms with Gasteiger partial charge in [-0.3, -0.25) is 9.97 Å². The molecule has 3 heterocycles. The number of imidazole rings is 1. The first-order valence-corrected chi connectivity index (χ1v) is 7.11. The lowest BCUT2D eigenvalue weighted by Gasteiger charge is -2.04. The SMILES string of the molecule is Cc1cnccc1Cc1cnc([C@@H](O)c2cncs2)[nH]1. The summed E-state index contributed by atoms with van der Waals surface area (Å²) in [6.07, 6.45) is 7.06. The molecule has 3 aromatic rings. The van der Waals surface area contributed by atoms with Crippen molar-refractivity contribution >= 4 is 11.3 Å². The molecular weight excluding hydrogens is 272 g/mol. The Balaban J connectivity index is 1.79. The summed E-state index contributed by atoms with van der Waals surface area (Å²) in [7, 11) is 0. The van der Waals surface area contributed by atoms with E-state index in [0.29, 0.717) is 5.82 Å². The lowest BCUT2D eigenvalue weighted by atomic mass is 10.1. The van der Waals surface area contributed by atoms with Crippen LogP contribution in [0.2, 0.25) is 0 Å². The van der Waals surface area contributed by atoms with Crippen LogP contribution in [0.5, 0.6) is 0 Å². The van der Waals surface area contributed by atoms with Gasteiger partial charge in [0, 0.05) is 36.9 Å². The van der Waals surface area contributed by atoms with Crippen LogP contribution >= 0.6 is 11.3 Å². The summed E-state index contributed by atoms with van der Waals surface area (Å²) < 4.78 is 0. The highest BCUT2D eigenvalue weighted by atomic mass is 32.1. The van der Waals surface area contributed by atoms with Crippen molar-refractivity contribution in [1.29, 1.82) is 0 Å². The van der Waals surface area contributed by atoms with Crippen LogP contribution < -0.4 is 0 Å². The fourth-order valence-corrected chi connectivity index (χ4v) is 2.61. The highest BCUT2D eigenvalue weighted by molar-refractivity contribution is 7.09. The highest BCUT2D eigenvalue weighted by Gasteiger charge is 2.15. The number of aromatic nitrogens is 4. The molecule has 3 rings (SSSR count). The first kappa shape index (κ1) is 13.0. The summed E-state index contributed by atoms with van der Waals surface area (Å²) in [5.74, 6) is 0.552. The Kier molecular flexibility index (Phi) is 3.58. The van der Waals surface area contributed by atoms with Gasteiger partial charge in [-0.2, -0.15) is 0 Å². The van der Waals surface area contributed by atoms with Crippen LogP contribution in [0.25, 0.3) is 0 Å². The molecule has 0 saturated heterocycles. The van der Waals surface area contributed by atoms with Crippen LogP contribution in [-0.4, -0.2) is 25.0 Å². The second-order valence-electron chi connectivity index (χ2n) is 4.58. The summed E-state index contributed by atoms with van der Waals surface area (Å²) in [6.45, 7) is 2.03. The van der Waals surface area contributed by atoms with Gasteiger partial charge in [-0.25, -0.2) is 4.98 Å². The largest absolute Gasteiger partial charge is 0.379 e. The molecule has 0 aliphatic carbocycles. The second kappa shape index (κ2) is 5.52. The Morgan fingerprint density at radius 1 is 1.30 bits per heavy atom. The van der Waals surface area contributed by atoms with E-state index in [2.05, 4.69) is 19.9 Å². The number of aliphatic hydroxyl groups excluding tert-OH is 1. The topological polar surface area (TPSA) is 74.7 Å². The van der Waals surface area contributed by atoms with Crippen molar-refractivity contribution in [3.63, 3.8) is 0 Å². The molecule has 0 aliphatic rings. The maximum Gasteiger partial charge on any atom is 0.147 e. The minimum atomic E-state index is -0.741. The van der Waals surface area contributed by atoms with E-state index in [1.54, 1.807) is 24.1 Å². The minimum Gasteiger partial charge on any atom is -0.379 e. The molecule has 1 atom stereocenters. The summed E-state index contributed by atoms with van der Waals surface area (Å²) in [5.41, 5.74) is 5.01. The fourth-order valence-electron chi connectivity index (χ4n) is 2.01. The van der Waals surface area contributed by atoms with E-state index >= 15 is 0 Å². The van der Waals surface area contributed by atoms with Gasteiger partial charge in [0.15, 0.2) is 0 Å². The number of nitrogens with zero attached hydrogens (tertiary/aromatic N) is 3. The van der Waals surface area contributed by atoms with Gasteiger partial charge in [0.25, 0.3) is 0 Å². The van der Waals surface area contributed by atoms with Gasteiger partial charge in [0.1, 0.15) is 11.9 Å². The molecule has 2 N–H and O–H groups in total. The number of H-pyrrole nitrogens is 1. The molecule has 0 saturated carbocycles. The molecule has 3 aromatic heterocycles. The first-order chi connectivity index (χ1) is 9.74. The number of thiazole rings is 1. The van der Waals surface area contributed by atoms with E-state index in [4.69, 9.17) is 0 Å². The number of hydrogen-bond donors (Lipinski definition) is 2. The van der Waals surface area contributed by atoms with Crippen LogP contribution in [0.4, 0.5) is 0 Å². The predicted molar refractivity (Wildman–Crippen MR) is 76.5 cm³/mol. The minimum absolute atomic E-state index is 0.552. The lowest BCUT2D eigenvalue weighted by molar-refractivity contribution is 0.214. The molecule has 0 aromatic carbocycles. The number of pyridine rings is 1. The Labute approximate surface area is 120 Å². The summed E-state index contributed by atoms with van der Waals surface area (Å²) >= 11 is 1.41. The Morgan fingerprint density at radius 2 is 2.20 bits per heavy atom. The average molecular weight is 286 g/mol. The van der Waals surface area contributed by atoms with Crippen LogP contribution in [-0.2, 0) is 6.42 Å². The predicted octanol–water partition coefficient (Wildman–Crippen LogP) is 2.24. The molecule has 102 valence electrons. The van der Waals surface area contributed by atoms with Crippen LogP contribution in [0.1, 0.15) is 33.6 Å². The monoisotopic (exact) mass is 286 g/mol. The number of hydrogen-bond acceptors (Lipinski definition) is 5. The second-order valence-corrected chi connectivity index (χ2v) is 5.50. The van der Waals surface area contributed by atoms with Gasteiger partial charge in [-0.05, 0) is 24.1 Å². The first-order valence-electron chi connectivity index (χ1n) is 6.24. The third-order valence-electron chi connectivity index (χ3n) is 3.15. The van der Waals surface area contributed by atoms with Gasteiger partial charge in [-0.1, -0.05) is 0 Å². The van der Waals surface area contributed by atoms with Crippen LogP contribution in [0, 0.1) is 6.92 Å². The van der Waals surface area contributed by atoms with Gasteiger partial charge in [0.05, 0.1) is 10.4 Å². The third kappa shape index (κ3) is 2.61. The number of nitrogens with one attached hydrogen (secondary N) is 1. The van der Waals surface area contributed by atoms with Crippen molar-refractivity contribution in [2.24, 2.45) is 0 Å². The Bertz CT molecular complexity index is 693. The molecule has 6 heteroatoms. The van der Waals surface area contributed by atoms with Crippen molar-refractivity contribution in [2.45, 2.75) is 19.4 Å². The number of aliphatic hydroxyl groups is 1. The van der Waals surface area contributed by atoms with Crippen molar-refractivity contribution in [1.82, 2.24) is 19.9 Å². The van der Waals surface area contributed by atoms with E-state index in [1.165, 1.54) is 16.9 Å². The van der Waals surface area contributed by atoms with Crippen LogP contribution in [0.15, 0.2) is 36.4 Å². The number of aryl methyl sites for hydroxylation is 1. The molecule has 0 fully saturated rings.